The molecule has 2 N–H and O–H groups in total. The van der Waals surface area contributed by atoms with Crippen LogP contribution in [0.2, 0.25) is 0 Å². The van der Waals surface area contributed by atoms with Crippen LogP contribution in [0, 0.1) is 0 Å². The third-order valence-electron chi connectivity index (χ3n) is 9.13. The summed E-state index contributed by atoms with van der Waals surface area (Å²) in [5.74, 6) is 0.0941. The van der Waals surface area contributed by atoms with Gasteiger partial charge in [0.2, 0.25) is 5.91 Å². The molecule has 1 spiro atoms. The number of fused-ring (bicyclic) bond motifs is 3. The lowest BCUT2D eigenvalue weighted by Crippen LogP contribution is -2.51. The molecule has 2 amide bonds. The van der Waals surface area contributed by atoms with Crippen molar-refractivity contribution in [3.05, 3.63) is 42.0 Å². The lowest BCUT2D eigenvalue weighted by atomic mass is 9.77. The average Bonchev–Trinajstić information content (AvgIpc) is 3.60. The molecule has 218 valence electrons. The summed E-state index contributed by atoms with van der Waals surface area (Å²) in [5, 5.41) is 3.11. The van der Waals surface area contributed by atoms with Crippen molar-refractivity contribution < 1.29 is 14.3 Å². The quantitative estimate of drug-likeness (QED) is 0.200. The number of amides is 2. The topological polar surface area (TPSA) is 83.0 Å². The van der Waals surface area contributed by atoms with Gasteiger partial charge in [0.15, 0.2) is 0 Å². The van der Waals surface area contributed by atoms with E-state index in [1.807, 2.05) is 13.1 Å². The van der Waals surface area contributed by atoms with Gasteiger partial charge in [-0.2, -0.15) is 0 Å². The Labute approximate surface area is 244 Å². The number of aliphatic imine (C=N–C) groups is 1. The average molecular weight is 567 g/mol. The molecular weight excluding hydrogens is 520 g/mol. The molecule has 4 unspecified atom stereocenters. The van der Waals surface area contributed by atoms with Gasteiger partial charge in [0.25, 0.3) is 5.91 Å². The molecule has 3 heterocycles. The molecule has 1 aromatic carbocycles. The van der Waals surface area contributed by atoms with E-state index in [1.54, 1.807) is 0 Å². The van der Waals surface area contributed by atoms with Gasteiger partial charge in [-0.3, -0.25) is 24.2 Å². The largest absolute Gasteiger partial charge is 0.364 e. The fourth-order valence-electron chi connectivity index (χ4n) is 6.41. The van der Waals surface area contributed by atoms with Crippen molar-refractivity contribution in [1.82, 2.24) is 14.9 Å². The molecule has 3 fully saturated rings. The van der Waals surface area contributed by atoms with Crippen LogP contribution in [0.5, 0.6) is 0 Å². The predicted octanol–water partition coefficient (Wildman–Crippen LogP) is 5.83. The Morgan fingerprint density at radius 1 is 1.23 bits per heavy atom. The lowest BCUT2D eigenvalue weighted by Gasteiger charge is -2.45. The second-order valence-corrected chi connectivity index (χ2v) is 14.0. The van der Waals surface area contributed by atoms with Crippen LogP contribution in [0.1, 0.15) is 96.5 Å². The standard InChI is InChI=1S/C32H46N4O3S/c1-5-6-7-8-9-10-15-26(29(37)35-40-31(3)18-19-31)34-30(38)27-20-32(21-36(27)4)17-16-24-23-13-11-12-14-25(23)33-22(2)28(24)39-32/h9-14,24,26-28H,5-8,15-21H2,1-4H3,(H,34,38)(H,35,37)/b10-9-/t24?,26?,27?,28?,32-/m1/s1. The van der Waals surface area contributed by atoms with Crippen molar-refractivity contribution in [3.63, 3.8) is 0 Å². The number of hydrogen-bond donors (Lipinski definition) is 2. The van der Waals surface area contributed by atoms with E-state index in [1.165, 1.54) is 30.4 Å². The maximum absolute atomic E-state index is 13.7. The molecule has 0 aromatic heterocycles. The van der Waals surface area contributed by atoms with E-state index >= 15 is 0 Å². The van der Waals surface area contributed by atoms with Crippen molar-refractivity contribution in [2.24, 2.45) is 4.99 Å². The van der Waals surface area contributed by atoms with Gasteiger partial charge >= 0.3 is 0 Å². The fraction of sp³-hybridized carbons (Fsp3) is 0.656. The summed E-state index contributed by atoms with van der Waals surface area (Å²) < 4.78 is 10.0. The van der Waals surface area contributed by atoms with E-state index in [4.69, 9.17) is 9.73 Å². The van der Waals surface area contributed by atoms with Gasteiger partial charge in [0.05, 0.1) is 17.3 Å². The van der Waals surface area contributed by atoms with Gasteiger partial charge in [-0.15, -0.1) is 0 Å². The highest BCUT2D eigenvalue weighted by Crippen LogP contribution is 2.48. The number of unbranched alkanes of at least 4 members (excludes halogenated alkanes) is 3. The van der Waals surface area contributed by atoms with E-state index in [0.717, 1.165) is 49.9 Å². The monoisotopic (exact) mass is 566 g/mol. The first-order valence-corrected chi connectivity index (χ1v) is 16.0. The number of carbonyl (C=O) groups is 2. The minimum Gasteiger partial charge on any atom is -0.364 e. The first-order chi connectivity index (χ1) is 19.2. The van der Waals surface area contributed by atoms with E-state index < -0.39 is 6.04 Å². The molecule has 4 aliphatic rings. The highest BCUT2D eigenvalue weighted by molar-refractivity contribution is 7.99. The number of likely N-dealkylation sites (tertiary alicyclic amines) is 1. The Morgan fingerprint density at radius 2 is 2.02 bits per heavy atom. The van der Waals surface area contributed by atoms with Crippen LogP contribution in [0.25, 0.3) is 0 Å². The number of nitrogens with one attached hydrogen (secondary N) is 2. The van der Waals surface area contributed by atoms with Crippen molar-refractivity contribution in [3.8, 4) is 0 Å². The summed E-state index contributed by atoms with van der Waals surface area (Å²) in [5.41, 5.74) is 2.96. The molecule has 2 saturated heterocycles. The van der Waals surface area contributed by atoms with Gasteiger partial charge in [0.1, 0.15) is 12.1 Å². The highest BCUT2D eigenvalue weighted by Gasteiger charge is 2.52. The van der Waals surface area contributed by atoms with Gasteiger partial charge in [-0.25, -0.2) is 0 Å². The molecule has 0 bridgehead atoms. The van der Waals surface area contributed by atoms with Crippen LogP contribution < -0.4 is 10.0 Å². The Morgan fingerprint density at radius 3 is 2.80 bits per heavy atom. The summed E-state index contributed by atoms with van der Waals surface area (Å²) in [6.07, 6.45) is 13.9. The van der Waals surface area contributed by atoms with Crippen molar-refractivity contribution in [2.75, 3.05) is 13.6 Å². The third-order valence-corrected chi connectivity index (χ3v) is 10.3. The van der Waals surface area contributed by atoms with E-state index in [9.17, 15) is 9.59 Å². The van der Waals surface area contributed by atoms with E-state index in [-0.39, 0.29) is 34.3 Å². The molecule has 5 rings (SSSR count). The van der Waals surface area contributed by atoms with Gasteiger partial charge < -0.3 is 10.1 Å². The van der Waals surface area contributed by atoms with Crippen LogP contribution in [0.3, 0.4) is 0 Å². The SMILES string of the molecule is CCCCC/C=C\CC(NC(=O)C1C[C@]2(CCC3c4ccccc4N=C(C)C3O2)CN1C)C(=O)NSC1(C)CC1. The Hall–Kier alpha value is -2.16. The smallest absolute Gasteiger partial charge is 0.252 e. The number of nitrogens with zero attached hydrogens (tertiary/aromatic N) is 2. The first-order valence-electron chi connectivity index (χ1n) is 15.2. The third kappa shape index (κ3) is 6.66. The van der Waals surface area contributed by atoms with Crippen LogP contribution >= 0.6 is 11.9 Å². The molecule has 7 nitrogen and oxygen atoms in total. The summed E-state index contributed by atoms with van der Waals surface area (Å²) in [4.78, 5) is 33.8. The summed E-state index contributed by atoms with van der Waals surface area (Å²) in [6, 6.07) is 7.46. The number of likely N-dealkylation sites (N-methyl/N-ethyl adjacent to an activating group) is 1. The first kappa shape index (κ1) is 29.3. The lowest BCUT2D eigenvalue weighted by molar-refractivity contribution is -0.131. The van der Waals surface area contributed by atoms with Crippen molar-refractivity contribution in [2.45, 2.75) is 119 Å². The second-order valence-electron chi connectivity index (χ2n) is 12.6. The normalized spacial score (nSPS) is 29.5. The molecule has 8 heteroatoms. The van der Waals surface area contributed by atoms with Crippen molar-refractivity contribution in [1.29, 1.82) is 0 Å². The zero-order chi connectivity index (χ0) is 28.3. The molecule has 40 heavy (non-hydrogen) atoms. The number of rotatable bonds is 11. The summed E-state index contributed by atoms with van der Waals surface area (Å²) in [7, 11) is 2.00. The molecule has 0 radical (unpaired) electrons. The Balaban J connectivity index is 1.22. The summed E-state index contributed by atoms with van der Waals surface area (Å²) >= 11 is 1.50. The Bertz CT molecular complexity index is 1150. The van der Waals surface area contributed by atoms with Crippen LogP contribution in [0.4, 0.5) is 5.69 Å². The number of carbonyl (C=O) groups excluding carboxylic acids is 2. The molecule has 5 atom stereocenters. The molecule has 1 aromatic rings. The highest BCUT2D eigenvalue weighted by atomic mass is 32.2. The number of hydrogen-bond acceptors (Lipinski definition) is 6. The van der Waals surface area contributed by atoms with Crippen molar-refractivity contribution >= 4 is 35.2 Å². The maximum Gasteiger partial charge on any atom is 0.252 e. The maximum atomic E-state index is 13.7. The summed E-state index contributed by atoms with van der Waals surface area (Å²) in [6.45, 7) is 7.12. The minimum absolute atomic E-state index is 0.0592. The molecule has 1 aliphatic carbocycles. The zero-order valence-electron chi connectivity index (χ0n) is 24.6. The van der Waals surface area contributed by atoms with Crippen LogP contribution in [0.15, 0.2) is 41.4 Å². The second kappa shape index (κ2) is 12.4. The van der Waals surface area contributed by atoms with Gasteiger partial charge in [0, 0.05) is 29.3 Å². The molecule has 1 saturated carbocycles. The van der Waals surface area contributed by atoms with Crippen LogP contribution in [-0.4, -0.2) is 64.6 Å². The number of allylic oxidation sites excluding steroid dienone is 1. The fourth-order valence-corrected chi connectivity index (χ4v) is 7.21. The van der Waals surface area contributed by atoms with E-state index in [2.05, 4.69) is 66.1 Å². The zero-order valence-corrected chi connectivity index (χ0v) is 25.4. The van der Waals surface area contributed by atoms with Gasteiger partial charge in [-0.05, 0) is 89.4 Å². The number of para-hydroxylation sites is 1. The van der Waals surface area contributed by atoms with Crippen LogP contribution in [-0.2, 0) is 14.3 Å². The molecule has 3 aliphatic heterocycles. The number of benzene rings is 1. The van der Waals surface area contributed by atoms with Gasteiger partial charge in [-0.1, -0.05) is 50.1 Å². The number of ether oxygens (including phenoxy) is 1. The Kier molecular flexibility index (Phi) is 9.08. The van der Waals surface area contributed by atoms with E-state index in [0.29, 0.717) is 25.3 Å². The minimum atomic E-state index is -0.587. The molecular formula is C32H46N4O3S. The predicted molar refractivity (Wildman–Crippen MR) is 163 cm³/mol.